The molecule has 21 heavy (non-hydrogen) atoms. The van der Waals surface area contributed by atoms with Crippen LogP contribution >= 0.6 is 27.5 Å². The number of rotatable bonds is 5. The minimum absolute atomic E-state index is 0.0986. The van der Waals surface area contributed by atoms with Crippen LogP contribution in [0.3, 0.4) is 0 Å². The summed E-state index contributed by atoms with van der Waals surface area (Å²) >= 11 is 9.23. The SMILES string of the molecule is CCNc1ccc([N+](=O)[O-])c(Nc2ccc(Cl)cc2Br)n1. The predicted octanol–water partition coefficient (Wildman–Crippen LogP) is 4.58. The molecule has 1 heterocycles. The van der Waals surface area contributed by atoms with E-state index in [9.17, 15) is 10.1 Å². The maximum Gasteiger partial charge on any atom is 0.311 e. The molecular formula is C13H12BrClN4O2. The fraction of sp³-hybridized carbons (Fsp3) is 0.154. The standard InChI is InChI=1S/C13H12BrClN4O2/c1-2-16-12-6-5-11(19(20)21)13(18-12)17-10-4-3-8(15)7-9(10)14/h3-7H,2H2,1H3,(H2,16,17,18). The third kappa shape index (κ3) is 3.83. The molecule has 0 aliphatic rings. The second-order valence-corrected chi connectivity index (χ2v) is 5.39. The largest absolute Gasteiger partial charge is 0.370 e. The van der Waals surface area contributed by atoms with Crippen LogP contribution in [0.2, 0.25) is 5.02 Å². The minimum Gasteiger partial charge on any atom is -0.370 e. The molecule has 110 valence electrons. The highest BCUT2D eigenvalue weighted by Crippen LogP contribution is 2.32. The Labute approximate surface area is 134 Å². The van der Waals surface area contributed by atoms with Crippen LogP contribution in [0.1, 0.15) is 6.92 Å². The normalized spacial score (nSPS) is 10.2. The fourth-order valence-electron chi connectivity index (χ4n) is 1.69. The molecule has 0 atom stereocenters. The highest BCUT2D eigenvalue weighted by molar-refractivity contribution is 9.10. The second kappa shape index (κ2) is 6.73. The number of nitro groups is 1. The molecule has 0 saturated heterocycles. The van der Waals surface area contributed by atoms with E-state index in [1.165, 1.54) is 6.07 Å². The van der Waals surface area contributed by atoms with Gasteiger partial charge in [0.2, 0.25) is 5.82 Å². The molecule has 8 heteroatoms. The summed E-state index contributed by atoms with van der Waals surface area (Å²) in [6, 6.07) is 8.09. The first-order valence-electron chi connectivity index (χ1n) is 6.12. The first-order valence-corrected chi connectivity index (χ1v) is 7.29. The van der Waals surface area contributed by atoms with Gasteiger partial charge in [-0.1, -0.05) is 11.6 Å². The van der Waals surface area contributed by atoms with E-state index in [-0.39, 0.29) is 11.5 Å². The summed E-state index contributed by atoms with van der Waals surface area (Å²) in [7, 11) is 0. The molecular weight excluding hydrogens is 360 g/mol. The first-order chi connectivity index (χ1) is 10.0. The van der Waals surface area contributed by atoms with E-state index in [1.807, 2.05) is 6.92 Å². The van der Waals surface area contributed by atoms with E-state index in [1.54, 1.807) is 24.3 Å². The number of hydrogen-bond donors (Lipinski definition) is 2. The van der Waals surface area contributed by atoms with E-state index >= 15 is 0 Å². The molecule has 2 aromatic rings. The molecule has 0 amide bonds. The average molecular weight is 372 g/mol. The van der Waals surface area contributed by atoms with Crippen molar-refractivity contribution in [2.45, 2.75) is 6.92 Å². The van der Waals surface area contributed by atoms with Gasteiger partial charge in [0.05, 0.1) is 10.6 Å². The van der Waals surface area contributed by atoms with Gasteiger partial charge >= 0.3 is 5.69 Å². The molecule has 0 saturated carbocycles. The number of anilines is 3. The van der Waals surface area contributed by atoms with Gasteiger partial charge in [0.15, 0.2) is 0 Å². The fourth-order valence-corrected chi connectivity index (χ4v) is 2.47. The number of aromatic nitrogens is 1. The minimum atomic E-state index is -0.477. The molecule has 2 rings (SSSR count). The molecule has 0 fully saturated rings. The van der Waals surface area contributed by atoms with Crippen molar-refractivity contribution in [3.05, 3.63) is 49.9 Å². The topological polar surface area (TPSA) is 80.1 Å². The lowest BCUT2D eigenvalue weighted by molar-refractivity contribution is -0.384. The van der Waals surface area contributed by atoms with Crippen LogP contribution in [0.4, 0.5) is 23.0 Å². The summed E-state index contributed by atoms with van der Waals surface area (Å²) in [4.78, 5) is 14.8. The van der Waals surface area contributed by atoms with Gasteiger partial charge in [-0.25, -0.2) is 4.98 Å². The van der Waals surface area contributed by atoms with Crippen molar-refractivity contribution >= 4 is 50.5 Å². The Balaban J connectivity index is 2.40. The number of pyridine rings is 1. The number of nitrogens with zero attached hydrogens (tertiary/aromatic N) is 2. The Morgan fingerprint density at radius 2 is 2.14 bits per heavy atom. The summed E-state index contributed by atoms with van der Waals surface area (Å²) in [6.45, 7) is 2.60. The van der Waals surface area contributed by atoms with Crippen molar-refractivity contribution in [2.75, 3.05) is 17.2 Å². The van der Waals surface area contributed by atoms with E-state index in [4.69, 9.17) is 11.6 Å². The van der Waals surface area contributed by atoms with Gasteiger partial charge in [-0.2, -0.15) is 0 Å². The van der Waals surface area contributed by atoms with Gasteiger partial charge in [0, 0.05) is 22.1 Å². The maximum atomic E-state index is 11.1. The lowest BCUT2D eigenvalue weighted by Gasteiger charge is -2.10. The Bertz CT molecular complexity index is 681. The monoisotopic (exact) mass is 370 g/mol. The lowest BCUT2D eigenvalue weighted by atomic mass is 10.3. The van der Waals surface area contributed by atoms with Crippen molar-refractivity contribution in [3.63, 3.8) is 0 Å². The van der Waals surface area contributed by atoms with Gasteiger partial charge in [0.1, 0.15) is 5.82 Å². The summed E-state index contributed by atoms with van der Waals surface area (Å²) in [5.74, 6) is 0.733. The molecule has 0 bridgehead atoms. The Hall–Kier alpha value is -1.86. The Morgan fingerprint density at radius 3 is 2.76 bits per heavy atom. The third-order valence-corrected chi connectivity index (χ3v) is 3.50. The van der Waals surface area contributed by atoms with E-state index in [0.29, 0.717) is 27.5 Å². The molecule has 6 nitrogen and oxygen atoms in total. The van der Waals surface area contributed by atoms with Crippen LogP contribution in [0.25, 0.3) is 0 Å². The maximum absolute atomic E-state index is 11.1. The summed E-state index contributed by atoms with van der Waals surface area (Å²) < 4.78 is 0.694. The van der Waals surface area contributed by atoms with Gasteiger partial charge in [-0.3, -0.25) is 10.1 Å². The Morgan fingerprint density at radius 1 is 1.38 bits per heavy atom. The quantitative estimate of drug-likeness (QED) is 0.594. The third-order valence-electron chi connectivity index (χ3n) is 2.61. The van der Waals surface area contributed by atoms with Crippen LogP contribution in [-0.2, 0) is 0 Å². The highest BCUT2D eigenvalue weighted by atomic mass is 79.9. The summed E-state index contributed by atoms with van der Waals surface area (Å²) in [5, 5.41) is 17.6. The highest BCUT2D eigenvalue weighted by Gasteiger charge is 2.17. The van der Waals surface area contributed by atoms with Crippen LogP contribution in [0.5, 0.6) is 0 Å². The van der Waals surface area contributed by atoms with Crippen LogP contribution in [0, 0.1) is 10.1 Å². The summed E-state index contributed by atoms with van der Waals surface area (Å²) in [6.07, 6.45) is 0. The number of benzene rings is 1. The van der Waals surface area contributed by atoms with Crippen LogP contribution in [0.15, 0.2) is 34.8 Å². The lowest BCUT2D eigenvalue weighted by Crippen LogP contribution is -2.04. The first kappa shape index (κ1) is 15.5. The molecule has 0 radical (unpaired) electrons. The Kier molecular flexibility index (Phi) is 4.98. The zero-order valence-corrected chi connectivity index (χ0v) is 13.4. The van der Waals surface area contributed by atoms with Crippen LogP contribution < -0.4 is 10.6 Å². The number of nitrogens with one attached hydrogen (secondary N) is 2. The second-order valence-electron chi connectivity index (χ2n) is 4.10. The molecule has 2 N–H and O–H groups in total. The van der Waals surface area contributed by atoms with Gasteiger partial charge in [-0.15, -0.1) is 0 Å². The van der Waals surface area contributed by atoms with Gasteiger partial charge in [-0.05, 0) is 47.1 Å². The van der Waals surface area contributed by atoms with Crippen molar-refractivity contribution in [1.29, 1.82) is 0 Å². The van der Waals surface area contributed by atoms with Gasteiger partial charge in [0.25, 0.3) is 0 Å². The van der Waals surface area contributed by atoms with E-state index in [0.717, 1.165) is 0 Å². The number of halogens is 2. The molecule has 1 aromatic carbocycles. The predicted molar refractivity (Wildman–Crippen MR) is 87.5 cm³/mol. The van der Waals surface area contributed by atoms with Crippen molar-refractivity contribution in [3.8, 4) is 0 Å². The molecule has 0 aliphatic heterocycles. The van der Waals surface area contributed by atoms with E-state index in [2.05, 4.69) is 31.5 Å². The average Bonchev–Trinajstić information content (AvgIpc) is 2.42. The zero-order valence-electron chi connectivity index (χ0n) is 11.1. The smallest absolute Gasteiger partial charge is 0.311 e. The van der Waals surface area contributed by atoms with Crippen molar-refractivity contribution in [2.24, 2.45) is 0 Å². The van der Waals surface area contributed by atoms with E-state index < -0.39 is 4.92 Å². The summed E-state index contributed by atoms with van der Waals surface area (Å²) in [5.41, 5.74) is 0.544. The van der Waals surface area contributed by atoms with Gasteiger partial charge < -0.3 is 10.6 Å². The molecule has 1 aromatic heterocycles. The molecule has 0 unspecified atom stereocenters. The number of hydrogen-bond acceptors (Lipinski definition) is 5. The van der Waals surface area contributed by atoms with Crippen molar-refractivity contribution < 1.29 is 4.92 Å². The molecule has 0 spiro atoms. The zero-order chi connectivity index (χ0) is 15.4. The van der Waals surface area contributed by atoms with Crippen molar-refractivity contribution in [1.82, 2.24) is 4.98 Å². The molecule has 0 aliphatic carbocycles. The van der Waals surface area contributed by atoms with Crippen LogP contribution in [-0.4, -0.2) is 16.5 Å².